The molecule has 0 spiro atoms. The fourth-order valence-corrected chi connectivity index (χ4v) is 1.84. The highest BCUT2D eigenvalue weighted by atomic mass is 16.5. The minimum Gasteiger partial charge on any atom is -0.462 e. The Balaban J connectivity index is 2.11. The summed E-state index contributed by atoms with van der Waals surface area (Å²) in [5, 5.41) is 0. The molecule has 0 N–H and O–H groups in total. The lowest BCUT2D eigenvalue weighted by Crippen LogP contribution is -2.06. The third-order valence-corrected chi connectivity index (χ3v) is 2.80. The summed E-state index contributed by atoms with van der Waals surface area (Å²) in [6, 6.07) is 10.8. The SMILES string of the molecule is CCOC(=O)c1ccc(Cn2cccc2C=O)cc1. The number of rotatable bonds is 5. The Kier molecular flexibility index (Phi) is 4.13. The Morgan fingerprint density at radius 3 is 2.63 bits per heavy atom. The molecular weight excluding hydrogens is 242 g/mol. The molecule has 0 radical (unpaired) electrons. The lowest BCUT2D eigenvalue weighted by molar-refractivity contribution is 0.0526. The van der Waals surface area contributed by atoms with Crippen molar-refractivity contribution in [3.05, 3.63) is 59.4 Å². The van der Waals surface area contributed by atoms with E-state index in [0.717, 1.165) is 11.8 Å². The fraction of sp³-hybridized carbons (Fsp3) is 0.200. The van der Waals surface area contributed by atoms with Gasteiger partial charge in [0.1, 0.15) is 0 Å². The average Bonchev–Trinajstić information content (AvgIpc) is 2.87. The molecular formula is C15H15NO3. The topological polar surface area (TPSA) is 48.3 Å². The molecule has 0 amide bonds. The van der Waals surface area contributed by atoms with Gasteiger partial charge in [0.15, 0.2) is 6.29 Å². The molecule has 98 valence electrons. The van der Waals surface area contributed by atoms with E-state index in [1.54, 1.807) is 25.1 Å². The number of aromatic nitrogens is 1. The first-order chi connectivity index (χ1) is 9.24. The van der Waals surface area contributed by atoms with Crippen LogP contribution in [0.4, 0.5) is 0 Å². The van der Waals surface area contributed by atoms with Crippen LogP contribution in [0.25, 0.3) is 0 Å². The van der Waals surface area contributed by atoms with Crippen LogP contribution in [0, 0.1) is 0 Å². The van der Waals surface area contributed by atoms with Gasteiger partial charge in [-0.1, -0.05) is 12.1 Å². The summed E-state index contributed by atoms with van der Waals surface area (Å²) in [6.45, 7) is 2.75. The first-order valence-corrected chi connectivity index (χ1v) is 6.11. The molecule has 2 rings (SSSR count). The van der Waals surface area contributed by atoms with Crippen molar-refractivity contribution in [2.45, 2.75) is 13.5 Å². The maximum Gasteiger partial charge on any atom is 0.338 e. The van der Waals surface area contributed by atoms with E-state index in [2.05, 4.69) is 0 Å². The zero-order valence-electron chi connectivity index (χ0n) is 10.7. The number of nitrogens with zero attached hydrogens (tertiary/aromatic N) is 1. The van der Waals surface area contributed by atoms with E-state index < -0.39 is 0 Å². The van der Waals surface area contributed by atoms with E-state index >= 15 is 0 Å². The number of esters is 1. The van der Waals surface area contributed by atoms with Gasteiger partial charge in [-0.25, -0.2) is 4.79 Å². The number of carbonyl (C=O) groups is 2. The summed E-state index contributed by atoms with van der Waals surface area (Å²) in [6.07, 6.45) is 2.68. The van der Waals surface area contributed by atoms with E-state index in [1.807, 2.05) is 29.0 Å². The van der Waals surface area contributed by atoms with Gasteiger partial charge in [-0.3, -0.25) is 4.79 Å². The Hall–Kier alpha value is -2.36. The summed E-state index contributed by atoms with van der Waals surface area (Å²) in [7, 11) is 0. The Bertz CT molecular complexity index is 569. The molecule has 0 fully saturated rings. The van der Waals surface area contributed by atoms with Gasteiger partial charge in [-0.05, 0) is 36.8 Å². The number of hydrogen-bond acceptors (Lipinski definition) is 3. The maximum atomic E-state index is 11.5. The second-order valence-electron chi connectivity index (χ2n) is 4.10. The molecule has 0 aliphatic heterocycles. The van der Waals surface area contributed by atoms with Gasteiger partial charge in [-0.2, -0.15) is 0 Å². The normalized spacial score (nSPS) is 10.2. The molecule has 0 saturated heterocycles. The molecule has 4 heteroatoms. The molecule has 0 atom stereocenters. The summed E-state index contributed by atoms with van der Waals surface area (Å²) in [5.74, 6) is -0.316. The molecule has 4 nitrogen and oxygen atoms in total. The van der Waals surface area contributed by atoms with Gasteiger partial charge in [0, 0.05) is 12.7 Å². The first kappa shape index (κ1) is 13.1. The van der Waals surface area contributed by atoms with Crippen LogP contribution in [0.2, 0.25) is 0 Å². The monoisotopic (exact) mass is 257 g/mol. The molecule has 0 saturated carbocycles. The highest BCUT2D eigenvalue weighted by Crippen LogP contribution is 2.09. The van der Waals surface area contributed by atoms with Crippen molar-refractivity contribution in [1.29, 1.82) is 0 Å². The molecule has 19 heavy (non-hydrogen) atoms. The predicted octanol–water partition coefficient (Wildman–Crippen LogP) is 2.53. The fourth-order valence-electron chi connectivity index (χ4n) is 1.84. The second kappa shape index (κ2) is 6.00. The van der Waals surface area contributed by atoms with E-state index in [1.165, 1.54) is 0 Å². The number of aldehydes is 1. The van der Waals surface area contributed by atoms with Gasteiger partial charge in [0.05, 0.1) is 17.9 Å². The van der Waals surface area contributed by atoms with Crippen molar-refractivity contribution in [2.75, 3.05) is 6.61 Å². The van der Waals surface area contributed by atoms with Crippen molar-refractivity contribution in [1.82, 2.24) is 4.57 Å². The van der Waals surface area contributed by atoms with Gasteiger partial charge >= 0.3 is 5.97 Å². The van der Waals surface area contributed by atoms with Crippen LogP contribution in [0.5, 0.6) is 0 Å². The summed E-state index contributed by atoms with van der Waals surface area (Å²) in [5.41, 5.74) is 2.19. The third-order valence-electron chi connectivity index (χ3n) is 2.80. The quantitative estimate of drug-likeness (QED) is 0.611. The Morgan fingerprint density at radius 1 is 1.26 bits per heavy atom. The molecule has 0 aliphatic rings. The molecule has 1 aromatic heterocycles. The smallest absolute Gasteiger partial charge is 0.338 e. The van der Waals surface area contributed by atoms with Crippen molar-refractivity contribution < 1.29 is 14.3 Å². The van der Waals surface area contributed by atoms with Crippen molar-refractivity contribution in [2.24, 2.45) is 0 Å². The van der Waals surface area contributed by atoms with Crippen LogP contribution in [-0.2, 0) is 11.3 Å². The van der Waals surface area contributed by atoms with Crippen molar-refractivity contribution >= 4 is 12.3 Å². The van der Waals surface area contributed by atoms with Crippen LogP contribution < -0.4 is 0 Å². The molecule has 0 unspecified atom stereocenters. The number of benzene rings is 1. The van der Waals surface area contributed by atoms with Crippen molar-refractivity contribution in [3.63, 3.8) is 0 Å². The lowest BCUT2D eigenvalue weighted by Gasteiger charge is -2.07. The van der Waals surface area contributed by atoms with E-state index in [9.17, 15) is 9.59 Å². The van der Waals surface area contributed by atoms with E-state index in [0.29, 0.717) is 24.4 Å². The average molecular weight is 257 g/mol. The maximum absolute atomic E-state index is 11.5. The van der Waals surface area contributed by atoms with E-state index in [-0.39, 0.29) is 5.97 Å². The van der Waals surface area contributed by atoms with Gasteiger partial charge in [0.25, 0.3) is 0 Å². The standard InChI is InChI=1S/C15H15NO3/c1-2-19-15(18)13-7-5-12(6-8-13)10-16-9-3-4-14(16)11-17/h3-9,11H,2,10H2,1H3. The largest absolute Gasteiger partial charge is 0.462 e. The zero-order chi connectivity index (χ0) is 13.7. The number of carbonyl (C=O) groups excluding carboxylic acids is 2. The number of ether oxygens (including phenoxy) is 1. The molecule has 0 bridgehead atoms. The first-order valence-electron chi connectivity index (χ1n) is 6.11. The number of hydrogen-bond donors (Lipinski definition) is 0. The predicted molar refractivity (Wildman–Crippen MR) is 71.3 cm³/mol. The molecule has 0 aliphatic carbocycles. The van der Waals surface area contributed by atoms with Crippen LogP contribution >= 0.6 is 0 Å². The van der Waals surface area contributed by atoms with Gasteiger partial charge in [0.2, 0.25) is 0 Å². The minimum absolute atomic E-state index is 0.316. The summed E-state index contributed by atoms with van der Waals surface area (Å²) < 4.78 is 6.77. The van der Waals surface area contributed by atoms with Crippen LogP contribution in [-0.4, -0.2) is 23.4 Å². The van der Waals surface area contributed by atoms with Gasteiger partial charge < -0.3 is 9.30 Å². The van der Waals surface area contributed by atoms with E-state index in [4.69, 9.17) is 4.74 Å². The molecule has 1 heterocycles. The lowest BCUT2D eigenvalue weighted by atomic mass is 10.1. The van der Waals surface area contributed by atoms with Crippen molar-refractivity contribution in [3.8, 4) is 0 Å². The molecule has 1 aromatic carbocycles. The van der Waals surface area contributed by atoms with Gasteiger partial charge in [-0.15, -0.1) is 0 Å². The third kappa shape index (κ3) is 3.10. The van der Waals surface area contributed by atoms with Crippen LogP contribution in [0.1, 0.15) is 33.3 Å². The minimum atomic E-state index is -0.316. The molecule has 2 aromatic rings. The summed E-state index contributed by atoms with van der Waals surface area (Å²) >= 11 is 0. The Morgan fingerprint density at radius 2 is 2.00 bits per heavy atom. The highest BCUT2D eigenvalue weighted by molar-refractivity contribution is 5.89. The second-order valence-corrected chi connectivity index (χ2v) is 4.10. The zero-order valence-corrected chi connectivity index (χ0v) is 10.7. The van der Waals surface area contributed by atoms with Crippen LogP contribution in [0.15, 0.2) is 42.6 Å². The summed E-state index contributed by atoms with van der Waals surface area (Å²) in [4.78, 5) is 22.3. The Labute approximate surface area is 111 Å². The van der Waals surface area contributed by atoms with Crippen LogP contribution in [0.3, 0.4) is 0 Å². The highest BCUT2D eigenvalue weighted by Gasteiger charge is 2.06.